The molecule has 0 bridgehead atoms. The van der Waals surface area contributed by atoms with Crippen LogP contribution in [-0.2, 0) is 23.1 Å². The van der Waals surface area contributed by atoms with E-state index in [1.807, 2.05) is 27.8 Å². The fourth-order valence-electron chi connectivity index (χ4n) is 2.35. The third-order valence-electron chi connectivity index (χ3n) is 3.74. The first kappa shape index (κ1) is 17.2. The Bertz CT molecular complexity index is 509. The van der Waals surface area contributed by atoms with Gasteiger partial charge in [0.2, 0.25) is 5.91 Å². The summed E-state index contributed by atoms with van der Waals surface area (Å²) in [5.74, 6) is -1.19. The highest BCUT2D eigenvalue weighted by Gasteiger charge is 2.19. The van der Waals surface area contributed by atoms with Crippen molar-refractivity contribution >= 4 is 11.9 Å². The maximum atomic E-state index is 11.9. The Morgan fingerprint density at radius 1 is 1.38 bits per heavy atom. The van der Waals surface area contributed by atoms with Crippen LogP contribution in [-0.4, -0.2) is 32.8 Å². The third-order valence-corrected chi connectivity index (χ3v) is 3.74. The quantitative estimate of drug-likeness (QED) is 0.765. The molecule has 1 aromatic heterocycles. The van der Waals surface area contributed by atoms with Crippen LogP contribution in [0.1, 0.15) is 49.6 Å². The predicted octanol–water partition coefficient (Wildman–Crippen LogP) is 1.73. The number of carboxylic acid groups (broad SMARTS) is 1. The summed E-state index contributed by atoms with van der Waals surface area (Å²) in [6, 6.07) is -0.784. The molecule has 6 nitrogen and oxygen atoms in total. The number of aryl methyl sites for hydroxylation is 2. The van der Waals surface area contributed by atoms with Crippen molar-refractivity contribution < 1.29 is 14.7 Å². The zero-order valence-electron chi connectivity index (χ0n) is 13.3. The molecular weight excluding hydrogens is 270 g/mol. The van der Waals surface area contributed by atoms with Crippen molar-refractivity contribution in [2.45, 2.75) is 58.9 Å². The van der Waals surface area contributed by atoms with Gasteiger partial charge in [-0.1, -0.05) is 19.8 Å². The summed E-state index contributed by atoms with van der Waals surface area (Å²) in [4.78, 5) is 23.0. The maximum Gasteiger partial charge on any atom is 0.326 e. The molecule has 0 spiro atoms. The summed E-state index contributed by atoms with van der Waals surface area (Å²) in [6.45, 7) is 5.88. The van der Waals surface area contributed by atoms with Gasteiger partial charge < -0.3 is 10.4 Å². The number of carbonyl (C=O) groups excluding carboxylic acids is 1. The molecule has 1 unspecified atom stereocenters. The lowest BCUT2D eigenvalue weighted by atomic mass is 10.1. The van der Waals surface area contributed by atoms with Gasteiger partial charge in [0.25, 0.3) is 0 Å². The van der Waals surface area contributed by atoms with E-state index in [1.165, 1.54) is 0 Å². The average molecular weight is 295 g/mol. The molecule has 0 aliphatic rings. The first-order chi connectivity index (χ1) is 9.86. The minimum atomic E-state index is -0.967. The van der Waals surface area contributed by atoms with Crippen LogP contribution < -0.4 is 5.32 Å². The first-order valence-corrected chi connectivity index (χ1v) is 7.38. The number of aliphatic carboxylic acids is 1. The molecule has 118 valence electrons. The summed E-state index contributed by atoms with van der Waals surface area (Å²) >= 11 is 0. The number of hydrogen-bond donors (Lipinski definition) is 2. The van der Waals surface area contributed by atoms with E-state index in [9.17, 15) is 9.59 Å². The average Bonchev–Trinajstić information content (AvgIpc) is 2.66. The minimum absolute atomic E-state index is 0.221. The van der Waals surface area contributed by atoms with Crippen LogP contribution in [0.3, 0.4) is 0 Å². The van der Waals surface area contributed by atoms with Gasteiger partial charge in [-0.25, -0.2) is 4.79 Å². The van der Waals surface area contributed by atoms with Crippen LogP contribution in [0.15, 0.2) is 0 Å². The van der Waals surface area contributed by atoms with Crippen LogP contribution in [0.4, 0.5) is 0 Å². The summed E-state index contributed by atoms with van der Waals surface area (Å²) in [7, 11) is 1.87. The number of nitrogens with zero attached hydrogens (tertiary/aromatic N) is 2. The van der Waals surface area contributed by atoms with E-state index in [2.05, 4.69) is 10.4 Å². The highest BCUT2D eigenvalue weighted by atomic mass is 16.4. The molecule has 0 aliphatic carbocycles. The summed E-state index contributed by atoms with van der Waals surface area (Å²) in [6.07, 6.45) is 3.04. The van der Waals surface area contributed by atoms with Crippen molar-refractivity contribution in [3.05, 3.63) is 17.0 Å². The molecule has 0 radical (unpaired) electrons. The van der Waals surface area contributed by atoms with E-state index >= 15 is 0 Å². The van der Waals surface area contributed by atoms with E-state index in [0.29, 0.717) is 12.8 Å². The monoisotopic (exact) mass is 295 g/mol. The van der Waals surface area contributed by atoms with Crippen molar-refractivity contribution in [3.8, 4) is 0 Å². The van der Waals surface area contributed by atoms with Gasteiger partial charge in [0, 0.05) is 19.2 Å². The SMILES string of the molecule is CCCCC(NC(=O)CCc1c(C)nn(C)c1C)C(=O)O. The van der Waals surface area contributed by atoms with Crippen molar-refractivity contribution in [1.82, 2.24) is 15.1 Å². The normalized spacial score (nSPS) is 12.2. The largest absolute Gasteiger partial charge is 0.480 e. The Morgan fingerprint density at radius 3 is 2.52 bits per heavy atom. The number of rotatable bonds is 8. The lowest BCUT2D eigenvalue weighted by Crippen LogP contribution is -2.40. The van der Waals surface area contributed by atoms with Crippen molar-refractivity contribution in [3.63, 3.8) is 0 Å². The van der Waals surface area contributed by atoms with Crippen LogP contribution in [0.5, 0.6) is 0 Å². The number of aromatic nitrogens is 2. The molecule has 1 aromatic rings. The van der Waals surface area contributed by atoms with Gasteiger partial charge in [-0.15, -0.1) is 0 Å². The molecule has 1 atom stereocenters. The number of carbonyl (C=O) groups is 2. The molecule has 1 heterocycles. The molecule has 0 saturated heterocycles. The predicted molar refractivity (Wildman–Crippen MR) is 80.1 cm³/mol. The second-order valence-corrected chi connectivity index (χ2v) is 5.37. The molecule has 21 heavy (non-hydrogen) atoms. The Kier molecular flexibility index (Phi) is 6.39. The van der Waals surface area contributed by atoms with Crippen molar-refractivity contribution in [2.24, 2.45) is 7.05 Å². The molecular formula is C15H25N3O3. The number of amides is 1. The van der Waals surface area contributed by atoms with Crippen LogP contribution in [0.25, 0.3) is 0 Å². The zero-order valence-corrected chi connectivity index (χ0v) is 13.3. The Labute approximate surface area is 125 Å². The highest BCUT2D eigenvalue weighted by Crippen LogP contribution is 2.14. The van der Waals surface area contributed by atoms with Gasteiger partial charge in [-0.05, 0) is 32.3 Å². The second-order valence-electron chi connectivity index (χ2n) is 5.37. The van der Waals surface area contributed by atoms with Gasteiger partial charge in [-0.2, -0.15) is 5.10 Å². The Morgan fingerprint density at radius 2 is 2.05 bits per heavy atom. The van der Waals surface area contributed by atoms with E-state index in [1.54, 1.807) is 4.68 Å². The first-order valence-electron chi connectivity index (χ1n) is 7.38. The number of carboxylic acids is 1. The van der Waals surface area contributed by atoms with Gasteiger partial charge >= 0.3 is 5.97 Å². The van der Waals surface area contributed by atoms with Crippen molar-refractivity contribution in [1.29, 1.82) is 0 Å². The highest BCUT2D eigenvalue weighted by molar-refractivity contribution is 5.83. The maximum absolute atomic E-state index is 11.9. The molecule has 6 heteroatoms. The zero-order chi connectivity index (χ0) is 16.0. The Hall–Kier alpha value is -1.85. The smallest absolute Gasteiger partial charge is 0.326 e. The minimum Gasteiger partial charge on any atom is -0.480 e. The van der Waals surface area contributed by atoms with Gasteiger partial charge in [-0.3, -0.25) is 9.48 Å². The van der Waals surface area contributed by atoms with Crippen LogP contribution >= 0.6 is 0 Å². The van der Waals surface area contributed by atoms with Gasteiger partial charge in [0.1, 0.15) is 6.04 Å². The van der Waals surface area contributed by atoms with Crippen LogP contribution in [0, 0.1) is 13.8 Å². The number of unbranched alkanes of at least 4 members (excludes halogenated alkanes) is 1. The Balaban J connectivity index is 2.54. The topological polar surface area (TPSA) is 84.2 Å². The van der Waals surface area contributed by atoms with Crippen LogP contribution in [0.2, 0.25) is 0 Å². The van der Waals surface area contributed by atoms with Gasteiger partial charge in [0.05, 0.1) is 5.69 Å². The van der Waals surface area contributed by atoms with E-state index in [-0.39, 0.29) is 12.3 Å². The summed E-state index contributed by atoms with van der Waals surface area (Å²) < 4.78 is 1.80. The fourth-order valence-corrected chi connectivity index (χ4v) is 2.35. The molecule has 0 fully saturated rings. The number of hydrogen-bond acceptors (Lipinski definition) is 3. The third kappa shape index (κ3) is 4.88. The summed E-state index contributed by atoms with van der Waals surface area (Å²) in [5, 5.41) is 16.0. The van der Waals surface area contributed by atoms with E-state index in [4.69, 9.17) is 5.11 Å². The lowest BCUT2D eigenvalue weighted by Gasteiger charge is -2.14. The number of nitrogens with one attached hydrogen (secondary N) is 1. The molecule has 1 rings (SSSR count). The lowest BCUT2D eigenvalue weighted by molar-refractivity contribution is -0.142. The van der Waals surface area contributed by atoms with Gasteiger partial charge in [0.15, 0.2) is 0 Å². The van der Waals surface area contributed by atoms with E-state index < -0.39 is 12.0 Å². The summed E-state index contributed by atoms with van der Waals surface area (Å²) in [5.41, 5.74) is 3.03. The molecule has 0 aromatic carbocycles. The second kappa shape index (κ2) is 7.81. The molecule has 0 aliphatic heterocycles. The van der Waals surface area contributed by atoms with Crippen molar-refractivity contribution in [2.75, 3.05) is 0 Å². The molecule has 0 saturated carbocycles. The molecule has 2 N–H and O–H groups in total. The molecule has 1 amide bonds. The van der Waals surface area contributed by atoms with E-state index in [0.717, 1.165) is 29.8 Å². The standard InChI is InChI=1S/C15H25N3O3/c1-5-6-7-13(15(20)21)16-14(19)9-8-12-10(2)17-18(4)11(12)3/h13H,5-9H2,1-4H3,(H,16,19)(H,20,21). The fraction of sp³-hybridized carbons (Fsp3) is 0.667.